The fraction of sp³-hybridized carbons (Fsp3) is 0.440. The normalized spacial score (nSPS) is 15.3. The van der Waals surface area contributed by atoms with Crippen LogP contribution in [0.25, 0.3) is 5.52 Å². The summed E-state index contributed by atoms with van der Waals surface area (Å²) in [6.07, 6.45) is 4.92. The molecule has 4 rings (SSSR count). The third-order valence-electron chi connectivity index (χ3n) is 6.71. The lowest BCUT2D eigenvalue weighted by atomic mass is 10.0. The summed E-state index contributed by atoms with van der Waals surface area (Å²) >= 11 is 12.4. The SMILES string of the molecule is CCC(CC)N1CCCN(C(=O)c2cc(Cc3c[nH]c(=O)c4cc(Cl)c(Cl)n34)ccc2F)CC1. The Bertz CT molecular complexity index is 1250. The zero-order chi connectivity index (χ0) is 24.4. The van der Waals surface area contributed by atoms with E-state index in [9.17, 15) is 14.0 Å². The summed E-state index contributed by atoms with van der Waals surface area (Å²) in [5.41, 5.74) is 1.49. The molecule has 0 atom stereocenters. The number of H-pyrrole nitrogens is 1. The van der Waals surface area contributed by atoms with Gasteiger partial charge in [-0.2, -0.15) is 0 Å². The number of hydrogen-bond donors (Lipinski definition) is 1. The molecule has 2 aromatic heterocycles. The number of aromatic amines is 1. The number of rotatable bonds is 6. The number of aromatic nitrogens is 2. The molecule has 1 aliphatic rings. The summed E-state index contributed by atoms with van der Waals surface area (Å²) in [6.45, 7) is 7.30. The molecule has 0 spiro atoms. The number of fused-ring (bicyclic) bond motifs is 1. The van der Waals surface area contributed by atoms with Crippen molar-refractivity contribution in [1.82, 2.24) is 19.2 Å². The van der Waals surface area contributed by atoms with Crippen molar-refractivity contribution in [3.8, 4) is 0 Å². The zero-order valence-corrected chi connectivity index (χ0v) is 20.9. The molecular weight excluding hydrogens is 478 g/mol. The lowest BCUT2D eigenvalue weighted by Crippen LogP contribution is -2.39. The van der Waals surface area contributed by atoms with Gasteiger partial charge in [0.05, 0.1) is 10.6 Å². The van der Waals surface area contributed by atoms with Gasteiger partial charge in [0.2, 0.25) is 0 Å². The van der Waals surface area contributed by atoms with E-state index in [1.54, 1.807) is 27.6 Å². The van der Waals surface area contributed by atoms with Crippen molar-refractivity contribution >= 4 is 34.6 Å². The number of hydrogen-bond acceptors (Lipinski definition) is 3. The highest BCUT2D eigenvalue weighted by Crippen LogP contribution is 2.27. The van der Waals surface area contributed by atoms with Gasteiger partial charge in [-0.15, -0.1) is 0 Å². The van der Waals surface area contributed by atoms with Gasteiger partial charge >= 0.3 is 0 Å². The maximum absolute atomic E-state index is 14.8. The van der Waals surface area contributed by atoms with Crippen LogP contribution in [-0.4, -0.2) is 57.3 Å². The van der Waals surface area contributed by atoms with Gasteiger partial charge in [0, 0.05) is 50.5 Å². The molecule has 34 heavy (non-hydrogen) atoms. The maximum atomic E-state index is 14.8. The van der Waals surface area contributed by atoms with Gasteiger partial charge in [-0.05, 0) is 43.0 Å². The third-order valence-corrected chi connectivity index (χ3v) is 7.47. The monoisotopic (exact) mass is 506 g/mol. The topological polar surface area (TPSA) is 60.8 Å². The molecule has 0 saturated carbocycles. The average Bonchev–Trinajstić information content (AvgIpc) is 2.99. The van der Waals surface area contributed by atoms with Crippen LogP contribution in [0.1, 0.15) is 54.7 Å². The van der Waals surface area contributed by atoms with Crippen molar-refractivity contribution in [3.05, 3.63) is 73.6 Å². The standard InChI is InChI=1S/C25H29Cl2FN4O2/c1-3-17(4-2)30-8-5-9-31(11-10-30)25(34)19-13-16(6-7-21(19)28)12-18-15-29-24(33)22-14-20(26)23(27)32(18)22/h6-7,13-15,17H,3-5,8-12H2,1-2H3,(H,29,33). The smallest absolute Gasteiger partial charge is 0.272 e. The van der Waals surface area contributed by atoms with Crippen molar-refractivity contribution in [2.75, 3.05) is 26.2 Å². The van der Waals surface area contributed by atoms with Crippen LogP contribution >= 0.6 is 23.2 Å². The molecule has 1 N–H and O–H groups in total. The minimum Gasteiger partial charge on any atom is -0.337 e. The fourth-order valence-electron chi connectivity index (χ4n) is 4.86. The van der Waals surface area contributed by atoms with Crippen LogP contribution < -0.4 is 5.56 Å². The first-order valence-electron chi connectivity index (χ1n) is 11.7. The Hall–Kier alpha value is -2.35. The van der Waals surface area contributed by atoms with Crippen molar-refractivity contribution < 1.29 is 9.18 Å². The van der Waals surface area contributed by atoms with E-state index in [1.165, 1.54) is 12.1 Å². The highest BCUT2D eigenvalue weighted by atomic mass is 35.5. The Morgan fingerprint density at radius 3 is 2.62 bits per heavy atom. The molecule has 3 aromatic rings. The van der Waals surface area contributed by atoms with E-state index in [0.29, 0.717) is 36.8 Å². The number of carbonyl (C=O) groups excluding carboxylic acids is 1. The molecule has 6 nitrogen and oxygen atoms in total. The van der Waals surface area contributed by atoms with E-state index in [1.807, 2.05) is 0 Å². The Balaban J connectivity index is 1.57. The number of benzene rings is 1. The maximum Gasteiger partial charge on any atom is 0.272 e. The van der Waals surface area contributed by atoms with Crippen LogP contribution in [0.2, 0.25) is 10.2 Å². The minimum atomic E-state index is -0.538. The Morgan fingerprint density at radius 2 is 1.88 bits per heavy atom. The number of amides is 1. The molecule has 0 radical (unpaired) electrons. The lowest BCUT2D eigenvalue weighted by Gasteiger charge is -2.29. The quantitative estimate of drug-likeness (QED) is 0.511. The highest BCUT2D eigenvalue weighted by Gasteiger charge is 2.25. The summed E-state index contributed by atoms with van der Waals surface area (Å²) < 4.78 is 16.3. The molecule has 1 saturated heterocycles. The summed E-state index contributed by atoms with van der Waals surface area (Å²) in [5, 5.41) is 0.515. The summed E-state index contributed by atoms with van der Waals surface area (Å²) in [5.74, 6) is -0.831. The van der Waals surface area contributed by atoms with E-state index in [0.717, 1.165) is 37.9 Å². The van der Waals surface area contributed by atoms with E-state index in [-0.39, 0.29) is 27.2 Å². The van der Waals surface area contributed by atoms with Crippen LogP contribution in [-0.2, 0) is 6.42 Å². The van der Waals surface area contributed by atoms with E-state index in [4.69, 9.17) is 23.2 Å². The molecule has 1 aromatic carbocycles. The first-order chi connectivity index (χ1) is 16.3. The molecule has 3 heterocycles. The molecule has 1 amide bonds. The van der Waals surface area contributed by atoms with E-state index >= 15 is 0 Å². The lowest BCUT2D eigenvalue weighted by molar-refractivity contribution is 0.0752. The van der Waals surface area contributed by atoms with E-state index < -0.39 is 5.82 Å². The largest absolute Gasteiger partial charge is 0.337 e. The second-order valence-electron chi connectivity index (χ2n) is 8.76. The van der Waals surface area contributed by atoms with Crippen LogP contribution in [0, 0.1) is 5.82 Å². The number of halogens is 3. The number of carbonyl (C=O) groups is 1. The van der Waals surface area contributed by atoms with Crippen molar-refractivity contribution in [1.29, 1.82) is 0 Å². The van der Waals surface area contributed by atoms with Crippen LogP contribution in [0.5, 0.6) is 0 Å². The molecule has 0 bridgehead atoms. The Labute approximate surface area is 208 Å². The fourth-order valence-corrected chi connectivity index (χ4v) is 5.30. The van der Waals surface area contributed by atoms with Crippen molar-refractivity contribution in [2.24, 2.45) is 0 Å². The van der Waals surface area contributed by atoms with Gasteiger partial charge in [0.1, 0.15) is 16.5 Å². The van der Waals surface area contributed by atoms with Crippen LogP contribution in [0.15, 0.2) is 35.3 Å². The first-order valence-corrected chi connectivity index (χ1v) is 12.5. The van der Waals surface area contributed by atoms with Crippen LogP contribution in [0.3, 0.4) is 0 Å². The van der Waals surface area contributed by atoms with Crippen molar-refractivity contribution in [2.45, 2.75) is 45.6 Å². The molecule has 182 valence electrons. The van der Waals surface area contributed by atoms with Gasteiger partial charge in [0.25, 0.3) is 11.5 Å². The van der Waals surface area contributed by atoms with Gasteiger partial charge in [-0.1, -0.05) is 43.1 Å². The Morgan fingerprint density at radius 1 is 1.12 bits per heavy atom. The predicted octanol–water partition coefficient (Wildman–Crippen LogP) is 5.00. The minimum absolute atomic E-state index is 0.0609. The van der Waals surface area contributed by atoms with Gasteiger partial charge in [-0.3, -0.25) is 18.9 Å². The van der Waals surface area contributed by atoms with Gasteiger partial charge in [0.15, 0.2) is 0 Å². The second-order valence-corrected chi connectivity index (χ2v) is 9.52. The van der Waals surface area contributed by atoms with Gasteiger partial charge < -0.3 is 9.88 Å². The predicted molar refractivity (Wildman–Crippen MR) is 134 cm³/mol. The van der Waals surface area contributed by atoms with E-state index in [2.05, 4.69) is 23.7 Å². The highest BCUT2D eigenvalue weighted by molar-refractivity contribution is 6.42. The summed E-state index contributed by atoms with van der Waals surface area (Å²) in [7, 11) is 0. The molecule has 0 unspecified atom stereocenters. The van der Waals surface area contributed by atoms with Gasteiger partial charge in [-0.25, -0.2) is 4.39 Å². The first kappa shape index (κ1) is 24.8. The zero-order valence-electron chi connectivity index (χ0n) is 19.4. The molecule has 1 aliphatic heterocycles. The Kier molecular flexibility index (Phi) is 7.65. The van der Waals surface area contributed by atoms with Crippen molar-refractivity contribution in [3.63, 3.8) is 0 Å². The molecule has 0 aliphatic carbocycles. The summed E-state index contributed by atoms with van der Waals surface area (Å²) in [6, 6.07) is 6.58. The second kappa shape index (κ2) is 10.5. The average molecular weight is 507 g/mol. The molecular formula is C25H29Cl2FN4O2. The van der Waals surface area contributed by atoms with Crippen LogP contribution in [0.4, 0.5) is 4.39 Å². The number of nitrogens with one attached hydrogen (secondary N) is 1. The molecule has 1 fully saturated rings. The summed E-state index contributed by atoms with van der Waals surface area (Å²) in [4.78, 5) is 32.3. The molecule has 9 heteroatoms. The number of nitrogens with zero attached hydrogens (tertiary/aromatic N) is 3. The third kappa shape index (κ3) is 4.88.